The van der Waals surface area contributed by atoms with Gasteiger partial charge in [-0.1, -0.05) is 61.7 Å². The van der Waals surface area contributed by atoms with Crippen molar-refractivity contribution >= 4 is 61.3 Å². The highest BCUT2D eigenvalue weighted by Gasteiger charge is 2.27. The Morgan fingerprint density at radius 3 is 2.47 bits per heavy atom. The summed E-state index contributed by atoms with van der Waals surface area (Å²) in [6, 6.07) is 7.21. The minimum atomic E-state index is -0.588. The van der Waals surface area contributed by atoms with E-state index in [1.807, 2.05) is 18.2 Å². The summed E-state index contributed by atoms with van der Waals surface area (Å²) in [5.41, 5.74) is 0.795. The van der Waals surface area contributed by atoms with Gasteiger partial charge in [-0.25, -0.2) is 4.79 Å². The zero-order chi connectivity index (χ0) is 11.4. The number of hydrogen-bond donors (Lipinski definition) is 0. The van der Waals surface area contributed by atoms with Crippen LogP contribution in [0.25, 0.3) is 0 Å². The second-order valence-electron chi connectivity index (χ2n) is 2.72. The number of benzene rings is 1. The molecule has 0 saturated heterocycles. The predicted molar refractivity (Wildman–Crippen MR) is 67.8 cm³/mol. The molecular formula is C9H6Br2Cl2O2. The van der Waals surface area contributed by atoms with Gasteiger partial charge in [-0.3, -0.25) is 0 Å². The Morgan fingerprint density at radius 2 is 1.93 bits per heavy atom. The van der Waals surface area contributed by atoms with Gasteiger partial charge in [0, 0.05) is 5.02 Å². The summed E-state index contributed by atoms with van der Waals surface area (Å²) in [6.45, 7) is 0. The average Bonchev–Trinajstić information content (AvgIpc) is 2.26. The Balaban J connectivity index is 2.89. The summed E-state index contributed by atoms with van der Waals surface area (Å²) in [5.74, 6) is -0.571. The lowest BCUT2D eigenvalue weighted by Gasteiger charge is -2.15. The molecule has 0 aliphatic rings. The zero-order valence-electron chi connectivity index (χ0n) is 7.29. The first-order valence-corrected chi connectivity index (χ1v) is 6.44. The first-order chi connectivity index (χ1) is 7.07. The van der Waals surface area contributed by atoms with E-state index in [9.17, 15) is 4.79 Å². The van der Waals surface area contributed by atoms with Crippen LogP contribution in [-0.4, -0.2) is 10.8 Å². The fourth-order valence-corrected chi connectivity index (χ4v) is 2.60. The predicted octanol–water partition coefficient (Wildman–Crippen LogP) is 4.24. The normalized spacial score (nSPS) is 14.4. The van der Waals surface area contributed by atoms with Gasteiger partial charge in [0.2, 0.25) is 0 Å². The van der Waals surface area contributed by atoms with E-state index in [0.29, 0.717) is 5.02 Å². The van der Waals surface area contributed by atoms with Gasteiger partial charge in [0.25, 0.3) is 0 Å². The number of hydrogen-bond acceptors (Lipinski definition) is 2. The minimum Gasteiger partial charge on any atom is -0.346 e. The van der Waals surface area contributed by atoms with Gasteiger partial charge in [-0.05, 0) is 11.6 Å². The number of alkyl halides is 2. The molecule has 0 fully saturated rings. The van der Waals surface area contributed by atoms with Crippen molar-refractivity contribution in [2.75, 3.05) is 0 Å². The third kappa shape index (κ3) is 3.34. The Morgan fingerprint density at radius 1 is 1.33 bits per heavy atom. The third-order valence-corrected chi connectivity index (χ3v) is 4.89. The summed E-state index contributed by atoms with van der Waals surface area (Å²) >= 11 is 17.5. The molecule has 15 heavy (non-hydrogen) atoms. The standard InChI is InChI=1S/C9H6Br2Cl2O2/c10-7(8(11)9(14)15-13)5-3-1-2-4-6(5)12/h1-4,7-8H. The Bertz CT molecular complexity index is 360. The molecule has 2 atom stereocenters. The Labute approximate surface area is 114 Å². The molecule has 1 rings (SSSR count). The molecule has 0 amide bonds. The summed E-state index contributed by atoms with van der Waals surface area (Å²) in [5, 5.41) is 0.575. The fourth-order valence-electron chi connectivity index (χ4n) is 1.02. The second-order valence-corrected chi connectivity index (χ2v) is 5.26. The molecule has 0 radical (unpaired) electrons. The molecule has 1 aromatic rings. The van der Waals surface area contributed by atoms with Crippen LogP contribution in [0.3, 0.4) is 0 Å². The molecule has 2 unspecified atom stereocenters. The molecule has 0 aromatic heterocycles. The molecular weight excluding hydrogens is 371 g/mol. The average molecular weight is 377 g/mol. The number of halogens is 4. The van der Waals surface area contributed by atoms with Crippen LogP contribution in [0.2, 0.25) is 5.02 Å². The van der Waals surface area contributed by atoms with Gasteiger partial charge in [0.1, 0.15) is 16.7 Å². The van der Waals surface area contributed by atoms with Crippen molar-refractivity contribution in [2.45, 2.75) is 9.65 Å². The van der Waals surface area contributed by atoms with Crippen LogP contribution in [0.1, 0.15) is 10.4 Å². The summed E-state index contributed by atoms with van der Waals surface area (Å²) in [6.07, 6.45) is 0. The van der Waals surface area contributed by atoms with Crippen LogP contribution in [-0.2, 0) is 9.08 Å². The maximum Gasteiger partial charge on any atom is 0.339 e. The van der Waals surface area contributed by atoms with Crippen LogP contribution >= 0.6 is 55.3 Å². The summed E-state index contributed by atoms with van der Waals surface area (Å²) in [7, 11) is 0. The van der Waals surface area contributed by atoms with E-state index >= 15 is 0 Å². The Kier molecular flexibility index (Phi) is 5.39. The summed E-state index contributed by atoms with van der Waals surface area (Å²) in [4.78, 5) is 10.3. The van der Waals surface area contributed by atoms with Crippen LogP contribution in [0, 0.1) is 0 Å². The van der Waals surface area contributed by atoms with Crippen molar-refractivity contribution in [3.05, 3.63) is 34.9 Å². The molecule has 1 aromatic carbocycles. The van der Waals surface area contributed by atoms with Crippen molar-refractivity contribution in [3.63, 3.8) is 0 Å². The molecule has 0 aliphatic carbocycles. The molecule has 2 nitrogen and oxygen atoms in total. The van der Waals surface area contributed by atoms with Crippen LogP contribution < -0.4 is 0 Å². The van der Waals surface area contributed by atoms with Crippen molar-refractivity contribution in [3.8, 4) is 0 Å². The second kappa shape index (κ2) is 6.09. The molecule has 0 bridgehead atoms. The highest BCUT2D eigenvalue weighted by Crippen LogP contribution is 2.35. The fraction of sp³-hybridized carbons (Fsp3) is 0.222. The van der Waals surface area contributed by atoms with Crippen molar-refractivity contribution in [1.82, 2.24) is 0 Å². The van der Waals surface area contributed by atoms with E-state index in [1.165, 1.54) is 0 Å². The van der Waals surface area contributed by atoms with E-state index in [0.717, 1.165) is 5.56 Å². The molecule has 0 saturated carbocycles. The highest BCUT2D eigenvalue weighted by atomic mass is 79.9. The number of carbonyl (C=O) groups excluding carboxylic acids is 1. The van der Waals surface area contributed by atoms with E-state index in [4.69, 9.17) is 23.5 Å². The van der Waals surface area contributed by atoms with Crippen molar-refractivity contribution in [1.29, 1.82) is 0 Å². The molecule has 6 heteroatoms. The van der Waals surface area contributed by atoms with Gasteiger partial charge in [-0.2, -0.15) is 0 Å². The van der Waals surface area contributed by atoms with E-state index in [1.54, 1.807) is 6.07 Å². The van der Waals surface area contributed by atoms with Crippen LogP contribution in [0.5, 0.6) is 0 Å². The van der Waals surface area contributed by atoms with Gasteiger partial charge >= 0.3 is 5.97 Å². The number of carbonyl (C=O) groups is 1. The first-order valence-electron chi connectivity index (χ1n) is 3.93. The summed E-state index contributed by atoms with van der Waals surface area (Å²) < 4.78 is 4.11. The van der Waals surface area contributed by atoms with Gasteiger partial charge in [0.15, 0.2) is 0 Å². The monoisotopic (exact) mass is 374 g/mol. The highest BCUT2D eigenvalue weighted by molar-refractivity contribution is 9.12. The topological polar surface area (TPSA) is 26.3 Å². The molecule has 0 heterocycles. The lowest BCUT2D eigenvalue weighted by Crippen LogP contribution is -2.19. The van der Waals surface area contributed by atoms with Gasteiger partial charge < -0.3 is 4.29 Å². The lowest BCUT2D eigenvalue weighted by molar-refractivity contribution is -0.133. The molecule has 0 N–H and O–H groups in total. The van der Waals surface area contributed by atoms with Crippen LogP contribution in [0.15, 0.2) is 24.3 Å². The quantitative estimate of drug-likeness (QED) is 0.738. The Hall–Kier alpha value is 0.230. The van der Waals surface area contributed by atoms with Gasteiger partial charge in [0.05, 0.1) is 4.83 Å². The molecule has 0 aliphatic heterocycles. The molecule has 82 valence electrons. The first kappa shape index (κ1) is 13.3. The lowest BCUT2D eigenvalue weighted by atomic mass is 10.1. The third-order valence-electron chi connectivity index (χ3n) is 1.76. The van der Waals surface area contributed by atoms with Crippen LogP contribution in [0.4, 0.5) is 0 Å². The van der Waals surface area contributed by atoms with E-state index in [-0.39, 0.29) is 4.83 Å². The maximum atomic E-state index is 11.2. The van der Waals surface area contributed by atoms with Gasteiger partial charge in [-0.15, -0.1) is 0 Å². The SMILES string of the molecule is O=C(OCl)C(Br)C(Br)c1ccccc1Cl. The van der Waals surface area contributed by atoms with Crippen molar-refractivity contribution in [2.24, 2.45) is 0 Å². The smallest absolute Gasteiger partial charge is 0.339 e. The molecule has 0 spiro atoms. The maximum absolute atomic E-state index is 11.2. The minimum absolute atomic E-state index is 0.294. The van der Waals surface area contributed by atoms with E-state index < -0.39 is 10.8 Å². The number of rotatable bonds is 3. The van der Waals surface area contributed by atoms with Crippen molar-refractivity contribution < 1.29 is 9.08 Å². The van der Waals surface area contributed by atoms with E-state index in [2.05, 4.69) is 36.1 Å². The zero-order valence-corrected chi connectivity index (χ0v) is 12.0. The largest absolute Gasteiger partial charge is 0.346 e.